The maximum atomic E-state index is 12.5. The zero-order valence-corrected chi connectivity index (χ0v) is 13.7. The van der Waals surface area contributed by atoms with Crippen molar-refractivity contribution >= 4 is 39.2 Å². The molecule has 0 aliphatic carbocycles. The average molecular weight is 340 g/mol. The molecule has 7 heteroatoms. The average Bonchev–Trinajstić information content (AvgIpc) is 3.30. The third-order valence-electron chi connectivity index (χ3n) is 4.31. The minimum absolute atomic E-state index is 0.0135. The van der Waals surface area contributed by atoms with Crippen molar-refractivity contribution in [3.63, 3.8) is 0 Å². The lowest BCUT2D eigenvalue weighted by Gasteiger charge is -2.23. The molecule has 1 aliphatic rings. The third-order valence-corrected chi connectivity index (χ3v) is 5.00. The highest BCUT2D eigenvalue weighted by molar-refractivity contribution is 7.13. The number of hydrogen-bond acceptors (Lipinski definition) is 4. The normalized spacial score (nSPS) is 17.6. The highest BCUT2D eigenvalue weighted by Crippen LogP contribution is 2.26. The molecule has 1 saturated heterocycles. The van der Waals surface area contributed by atoms with Gasteiger partial charge in [-0.1, -0.05) is 18.2 Å². The van der Waals surface area contributed by atoms with Crippen LogP contribution >= 0.6 is 11.3 Å². The van der Waals surface area contributed by atoms with Gasteiger partial charge < -0.3 is 15.2 Å². The van der Waals surface area contributed by atoms with Crippen LogP contribution in [0.1, 0.15) is 18.4 Å². The molecule has 1 fully saturated rings. The number of anilines is 1. The van der Waals surface area contributed by atoms with E-state index in [4.69, 9.17) is 0 Å². The summed E-state index contributed by atoms with van der Waals surface area (Å²) in [6, 6.07) is 7.51. The van der Waals surface area contributed by atoms with Crippen LogP contribution < -0.4 is 5.32 Å². The van der Waals surface area contributed by atoms with Crippen LogP contribution in [-0.4, -0.2) is 32.7 Å². The van der Waals surface area contributed by atoms with Gasteiger partial charge in [0.2, 0.25) is 11.8 Å². The van der Waals surface area contributed by atoms with Crippen LogP contribution in [0, 0.1) is 0 Å². The van der Waals surface area contributed by atoms with Gasteiger partial charge in [-0.05, 0) is 18.1 Å². The molecule has 0 saturated carbocycles. The van der Waals surface area contributed by atoms with Gasteiger partial charge in [-0.3, -0.25) is 9.59 Å². The lowest BCUT2D eigenvalue weighted by Crippen LogP contribution is -2.41. The molecule has 122 valence electrons. The summed E-state index contributed by atoms with van der Waals surface area (Å²) in [5.41, 5.74) is 2.05. The molecule has 1 atom stereocenters. The SMILES string of the molecule is O=C(Nc1nccs1)C1CCC(=O)N1Cc1c[nH]c2ccccc12. The van der Waals surface area contributed by atoms with Crippen molar-refractivity contribution in [2.45, 2.75) is 25.4 Å². The minimum Gasteiger partial charge on any atom is -0.361 e. The number of H-pyrrole nitrogens is 1. The first-order chi connectivity index (χ1) is 11.7. The number of nitrogens with one attached hydrogen (secondary N) is 2. The van der Waals surface area contributed by atoms with E-state index in [1.54, 1.807) is 16.5 Å². The van der Waals surface area contributed by atoms with E-state index < -0.39 is 6.04 Å². The molecule has 2 amide bonds. The van der Waals surface area contributed by atoms with Gasteiger partial charge in [-0.25, -0.2) is 4.98 Å². The Morgan fingerprint density at radius 2 is 2.29 bits per heavy atom. The fourth-order valence-corrected chi connectivity index (χ4v) is 3.66. The minimum atomic E-state index is -0.449. The van der Waals surface area contributed by atoms with Crippen molar-refractivity contribution in [1.29, 1.82) is 0 Å². The van der Waals surface area contributed by atoms with Gasteiger partial charge in [0.25, 0.3) is 0 Å². The van der Waals surface area contributed by atoms with E-state index in [1.807, 2.05) is 30.5 Å². The van der Waals surface area contributed by atoms with E-state index in [0.717, 1.165) is 16.5 Å². The largest absolute Gasteiger partial charge is 0.361 e. The maximum Gasteiger partial charge on any atom is 0.248 e. The van der Waals surface area contributed by atoms with Crippen LogP contribution in [0.5, 0.6) is 0 Å². The number of fused-ring (bicyclic) bond motifs is 1. The molecule has 1 unspecified atom stereocenters. The first-order valence-electron chi connectivity index (χ1n) is 7.77. The summed E-state index contributed by atoms with van der Waals surface area (Å²) < 4.78 is 0. The Balaban J connectivity index is 1.55. The second-order valence-corrected chi connectivity index (χ2v) is 6.66. The van der Waals surface area contributed by atoms with E-state index in [-0.39, 0.29) is 11.8 Å². The number of hydrogen-bond donors (Lipinski definition) is 2. The first-order valence-corrected chi connectivity index (χ1v) is 8.65. The molecule has 2 aromatic heterocycles. The molecule has 24 heavy (non-hydrogen) atoms. The summed E-state index contributed by atoms with van der Waals surface area (Å²) in [6.45, 7) is 0.429. The number of amides is 2. The van der Waals surface area contributed by atoms with Crippen molar-refractivity contribution in [2.75, 3.05) is 5.32 Å². The first kappa shape index (κ1) is 14.9. The number of thiazole rings is 1. The summed E-state index contributed by atoms with van der Waals surface area (Å²) in [5.74, 6) is -0.157. The predicted octanol–water partition coefficient (Wildman–Crippen LogP) is 2.75. The molecule has 3 aromatic rings. The van der Waals surface area contributed by atoms with E-state index in [1.165, 1.54) is 11.3 Å². The molecule has 4 rings (SSSR count). The second kappa shape index (κ2) is 6.09. The van der Waals surface area contributed by atoms with Gasteiger partial charge in [0.1, 0.15) is 6.04 Å². The zero-order chi connectivity index (χ0) is 16.5. The topological polar surface area (TPSA) is 78.1 Å². The smallest absolute Gasteiger partial charge is 0.248 e. The van der Waals surface area contributed by atoms with Crippen molar-refractivity contribution < 1.29 is 9.59 Å². The summed E-state index contributed by atoms with van der Waals surface area (Å²) in [5, 5.41) is 6.24. The van der Waals surface area contributed by atoms with Crippen LogP contribution in [0.3, 0.4) is 0 Å². The summed E-state index contributed by atoms with van der Waals surface area (Å²) in [7, 11) is 0. The number of aromatic nitrogens is 2. The lowest BCUT2D eigenvalue weighted by atomic mass is 10.1. The number of aromatic amines is 1. The third kappa shape index (κ3) is 2.67. The number of likely N-dealkylation sites (tertiary alicyclic amines) is 1. The Hall–Kier alpha value is -2.67. The Kier molecular flexibility index (Phi) is 3.78. The Morgan fingerprint density at radius 3 is 3.12 bits per heavy atom. The van der Waals surface area contributed by atoms with Crippen LogP contribution in [0.2, 0.25) is 0 Å². The zero-order valence-electron chi connectivity index (χ0n) is 12.9. The lowest BCUT2D eigenvalue weighted by molar-refractivity contribution is -0.133. The van der Waals surface area contributed by atoms with E-state index in [9.17, 15) is 9.59 Å². The van der Waals surface area contributed by atoms with Crippen LogP contribution in [-0.2, 0) is 16.1 Å². The quantitative estimate of drug-likeness (QED) is 0.766. The molecule has 3 heterocycles. The van der Waals surface area contributed by atoms with Crippen LogP contribution in [0.25, 0.3) is 10.9 Å². The highest BCUT2D eigenvalue weighted by Gasteiger charge is 2.36. The Morgan fingerprint density at radius 1 is 1.42 bits per heavy atom. The molecule has 0 spiro atoms. The van der Waals surface area contributed by atoms with Gasteiger partial charge in [0, 0.05) is 41.6 Å². The van der Waals surface area contributed by atoms with Crippen LogP contribution in [0.4, 0.5) is 5.13 Å². The Labute approximate surface area is 142 Å². The number of benzene rings is 1. The molecule has 0 radical (unpaired) electrons. The monoisotopic (exact) mass is 340 g/mol. The fraction of sp³-hybridized carbons (Fsp3) is 0.235. The molecule has 6 nitrogen and oxygen atoms in total. The van der Waals surface area contributed by atoms with Crippen LogP contribution in [0.15, 0.2) is 42.0 Å². The van der Waals surface area contributed by atoms with E-state index in [0.29, 0.717) is 24.5 Å². The van der Waals surface area contributed by atoms with Crippen molar-refractivity contribution in [2.24, 2.45) is 0 Å². The number of para-hydroxylation sites is 1. The van der Waals surface area contributed by atoms with E-state index >= 15 is 0 Å². The fourth-order valence-electron chi connectivity index (χ4n) is 3.12. The number of nitrogens with zero attached hydrogens (tertiary/aromatic N) is 2. The standard InChI is InChI=1S/C17H16N4O2S/c22-15-6-5-14(16(23)20-17-18-7-8-24-17)21(15)10-11-9-19-13-4-2-1-3-12(11)13/h1-4,7-9,14,19H,5-6,10H2,(H,18,20,23). The predicted molar refractivity (Wildman–Crippen MR) is 92.6 cm³/mol. The molecule has 1 aromatic carbocycles. The number of carbonyl (C=O) groups is 2. The highest BCUT2D eigenvalue weighted by atomic mass is 32.1. The second-order valence-electron chi connectivity index (χ2n) is 5.76. The number of rotatable bonds is 4. The van der Waals surface area contributed by atoms with Crippen molar-refractivity contribution in [1.82, 2.24) is 14.9 Å². The maximum absolute atomic E-state index is 12.5. The van der Waals surface area contributed by atoms with Crippen molar-refractivity contribution in [3.8, 4) is 0 Å². The van der Waals surface area contributed by atoms with Gasteiger partial charge in [0.15, 0.2) is 5.13 Å². The molecular weight excluding hydrogens is 324 g/mol. The van der Waals surface area contributed by atoms with Gasteiger partial charge in [0.05, 0.1) is 0 Å². The van der Waals surface area contributed by atoms with Crippen molar-refractivity contribution in [3.05, 3.63) is 47.6 Å². The molecular formula is C17H16N4O2S. The Bertz CT molecular complexity index is 887. The molecule has 0 bridgehead atoms. The molecule has 1 aliphatic heterocycles. The van der Waals surface area contributed by atoms with Gasteiger partial charge in [-0.2, -0.15) is 0 Å². The summed E-state index contributed by atoms with van der Waals surface area (Å²) in [4.78, 5) is 33.7. The van der Waals surface area contributed by atoms with Gasteiger partial charge in [-0.15, -0.1) is 11.3 Å². The molecule has 2 N–H and O–H groups in total. The van der Waals surface area contributed by atoms with E-state index in [2.05, 4.69) is 15.3 Å². The summed E-state index contributed by atoms with van der Waals surface area (Å²) in [6.07, 6.45) is 4.49. The number of carbonyl (C=O) groups excluding carboxylic acids is 2. The summed E-state index contributed by atoms with van der Waals surface area (Å²) >= 11 is 1.37. The van der Waals surface area contributed by atoms with Gasteiger partial charge >= 0.3 is 0 Å².